The minimum atomic E-state index is -1.05. The van der Waals surface area contributed by atoms with Crippen molar-refractivity contribution in [3.63, 3.8) is 0 Å². The van der Waals surface area contributed by atoms with Gasteiger partial charge in [-0.2, -0.15) is 6.08 Å². The van der Waals surface area contributed by atoms with E-state index >= 15 is 0 Å². The molecule has 0 atom stereocenters. The van der Waals surface area contributed by atoms with Gasteiger partial charge in [-0.05, 0) is 0 Å². The Morgan fingerprint density at radius 3 is 1.71 bits per heavy atom. The number of hydrogen-bond acceptors (Lipinski definition) is 0. The third kappa shape index (κ3) is 6.71. The summed E-state index contributed by atoms with van der Waals surface area (Å²) in [6.07, 6.45) is 6.75. The van der Waals surface area contributed by atoms with Gasteiger partial charge < -0.3 is 0 Å². The molecule has 0 nitrogen and oxygen atoms in total. The summed E-state index contributed by atoms with van der Waals surface area (Å²) in [6, 6.07) is 0. The second-order valence-corrected chi connectivity index (χ2v) is 8.89. The summed E-state index contributed by atoms with van der Waals surface area (Å²) in [5.74, 6) is 0. The molecular formula is C9H18Cl3SiTi-. The van der Waals surface area contributed by atoms with Crippen LogP contribution in [0.5, 0.6) is 0 Å². The van der Waals surface area contributed by atoms with Crippen LogP contribution in [0.4, 0.5) is 0 Å². The second kappa shape index (κ2) is 9.50. The average molecular weight is 309 g/mol. The van der Waals surface area contributed by atoms with Crippen molar-refractivity contribution in [1.29, 1.82) is 0 Å². The van der Waals surface area contributed by atoms with Gasteiger partial charge in [0, 0.05) is 29.8 Å². The molecule has 14 heavy (non-hydrogen) atoms. The van der Waals surface area contributed by atoms with Crippen molar-refractivity contribution in [3.8, 4) is 0 Å². The van der Waals surface area contributed by atoms with Crippen LogP contribution in [0.15, 0.2) is 16.8 Å². The van der Waals surface area contributed by atoms with E-state index in [0.717, 1.165) is 6.42 Å². The summed E-state index contributed by atoms with van der Waals surface area (Å²) >= 11 is 0. The van der Waals surface area contributed by atoms with Crippen LogP contribution in [-0.4, -0.2) is 8.07 Å². The SMILES string of the molecule is CC1=CC[C-]=C1[Si](C)(C)C.Cl.Cl.Cl.[Ti]. The Morgan fingerprint density at radius 2 is 1.57 bits per heavy atom. The van der Waals surface area contributed by atoms with Gasteiger partial charge in [-0.3, -0.25) is 6.08 Å². The molecule has 5 heteroatoms. The molecule has 1 aliphatic carbocycles. The maximum Gasteiger partial charge on any atom is 0.0396 e. The average Bonchev–Trinajstić information content (AvgIpc) is 2.11. The van der Waals surface area contributed by atoms with Gasteiger partial charge in [-0.25, -0.2) is 10.8 Å². The van der Waals surface area contributed by atoms with E-state index in [1.54, 1.807) is 0 Å². The van der Waals surface area contributed by atoms with Crippen molar-refractivity contribution in [2.45, 2.75) is 33.0 Å². The van der Waals surface area contributed by atoms with Crippen molar-refractivity contribution in [1.82, 2.24) is 0 Å². The Kier molecular flexibility index (Phi) is 16.6. The minimum Gasteiger partial charge on any atom is -0.273 e. The maximum absolute atomic E-state index is 3.43. The van der Waals surface area contributed by atoms with Crippen LogP contribution in [0.3, 0.4) is 0 Å². The maximum atomic E-state index is 3.43. The Morgan fingerprint density at radius 1 is 1.14 bits per heavy atom. The van der Waals surface area contributed by atoms with E-state index in [1.165, 1.54) is 10.8 Å². The number of allylic oxidation sites excluding steroid dienone is 4. The molecule has 0 aliphatic heterocycles. The first-order valence-corrected chi connectivity index (χ1v) is 7.30. The summed E-state index contributed by atoms with van der Waals surface area (Å²) in [7, 11) is -1.05. The molecule has 0 fully saturated rings. The molecule has 0 N–H and O–H groups in total. The van der Waals surface area contributed by atoms with Crippen molar-refractivity contribution >= 4 is 45.3 Å². The third-order valence-electron chi connectivity index (χ3n) is 1.83. The van der Waals surface area contributed by atoms with E-state index in [0.29, 0.717) is 0 Å². The van der Waals surface area contributed by atoms with Crippen LogP contribution >= 0.6 is 37.2 Å². The number of hydrogen-bond donors (Lipinski definition) is 0. The van der Waals surface area contributed by atoms with Gasteiger partial charge in [0.15, 0.2) is 0 Å². The second-order valence-electron chi connectivity index (χ2n) is 3.89. The summed E-state index contributed by atoms with van der Waals surface area (Å²) < 4.78 is 0. The summed E-state index contributed by atoms with van der Waals surface area (Å²) in [5, 5.41) is 1.53. The van der Waals surface area contributed by atoms with E-state index in [2.05, 4.69) is 38.7 Å². The van der Waals surface area contributed by atoms with Crippen molar-refractivity contribution in [2.75, 3.05) is 0 Å². The van der Waals surface area contributed by atoms with Crippen LogP contribution in [0.25, 0.3) is 0 Å². The molecule has 0 unspecified atom stereocenters. The van der Waals surface area contributed by atoms with Crippen LogP contribution in [-0.2, 0) is 21.7 Å². The van der Waals surface area contributed by atoms with Gasteiger partial charge in [0.05, 0.1) is 0 Å². The van der Waals surface area contributed by atoms with E-state index < -0.39 is 8.07 Å². The molecule has 0 aromatic carbocycles. The predicted molar refractivity (Wildman–Crippen MR) is 70.2 cm³/mol. The van der Waals surface area contributed by atoms with Gasteiger partial charge in [0.2, 0.25) is 0 Å². The fraction of sp³-hybridized carbons (Fsp3) is 0.556. The molecule has 0 radical (unpaired) electrons. The van der Waals surface area contributed by atoms with Gasteiger partial charge in [-0.1, -0.05) is 19.6 Å². The standard InChI is InChI=1S/C9H15Si.3ClH.Ti/c1-8-6-5-7-9(8)10(2,3)4;;;;/h6H,5H2,1-4H3;3*1H;/q-1;;;;. The van der Waals surface area contributed by atoms with Gasteiger partial charge in [-0.15, -0.1) is 50.6 Å². The van der Waals surface area contributed by atoms with Crippen LogP contribution in [0.1, 0.15) is 13.3 Å². The number of halogens is 3. The fourth-order valence-corrected chi connectivity index (χ4v) is 3.32. The quantitative estimate of drug-likeness (QED) is 0.503. The van der Waals surface area contributed by atoms with Crippen LogP contribution < -0.4 is 0 Å². The smallest absolute Gasteiger partial charge is 0.0396 e. The van der Waals surface area contributed by atoms with Crippen LogP contribution in [0.2, 0.25) is 19.6 Å². The van der Waals surface area contributed by atoms with Crippen molar-refractivity contribution in [3.05, 3.63) is 22.9 Å². The minimum absolute atomic E-state index is 0. The van der Waals surface area contributed by atoms with Crippen molar-refractivity contribution in [2.24, 2.45) is 0 Å². The zero-order chi connectivity index (χ0) is 7.78. The normalized spacial score (nSPS) is 13.4. The van der Waals surface area contributed by atoms with E-state index in [1.807, 2.05) is 0 Å². The van der Waals surface area contributed by atoms with E-state index in [4.69, 9.17) is 0 Å². The Hall–Kier alpha value is 1.28. The monoisotopic (exact) mass is 307 g/mol. The molecular weight excluding hydrogens is 290 g/mol. The zero-order valence-corrected chi connectivity index (χ0v) is 14.0. The van der Waals surface area contributed by atoms with Crippen LogP contribution in [0, 0.1) is 6.08 Å². The van der Waals surface area contributed by atoms with E-state index in [-0.39, 0.29) is 58.9 Å². The number of rotatable bonds is 1. The third-order valence-corrected chi connectivity index (χ3v) is 3.90. The molecule has 1 rings (SSSR count). The largest absolute Gasteiger partial charge is 0.273 e. The molecule has 0 aromatic heterocycles. The predicted octanol–water partition coefficient (Wildman–Crippen LogP) is 4.21. The zero-order valence-electron chi connectivity index (χ0n) is 9.01. The molecule has 0 bridgehead atoms. The van der Waals surface area contributed by atoms with Gasteiger partial charge in [0.25, 0.3) is 0 Å². The van der Waals surface area contributed by atoms with Gasteiger partial charge >= 0.3 is 0 Å². The molecule has 84 valence electrons. The first kappa shape index (κ1) is 24.5. The molecule has 0 saturated heterocycles. The fourth-order valence-electron chi connectivity index (χ4n) is 1.40. The first-order valence-electron chi connectivity index (χ1n) is 3.80. The Balaban J connectivity index is -0.000000125. The molecule has 0 heterocycles. The molecule has 0 spiro atoms. The Bertz CT molecular complexity index is 207. The summed E-state index contributed by atoms with van der Waals surface area (Å²) in [6.45, 7) is 9.32. The Labute approximate surface area is 122 Å². The van der Waals surface area contributed by atoms with Gasteiger partial charge in [0.1, 0.15) is 0 Å². The van der Waals surface area contributed by atoms with E-state index in [9.17, 15) is 0 Å². The first-order chi connectivity index (χ1) is 4.52. The molecule has 0 saturated carbocycles. The van der Waals surface area contributed by atoms with Crippen molar-refractivity contribution < 1.29 is 21.7 Å². The topological polar surface area (TPSA) is 0 Å². The summed E-state index contributed by atoms with van der Waals surface area (Å²) in [5.41, 5.74) is 1.47. The molecule has 0 aromatic rings. The molecule has 0 amide bonds. The summed E-state index contributed by atoms with van der Waals surface area (Å²) in [4.78, 5) is 0. The molecule has 1 aliphatic rings.